The van der Waals surface area contributed by atoms with Gasteiger partial charge in [-0.1, -0.05) is 0 Å². The second kappa shape index (κ2) is 2.63. The lowest BCUT2D eigenvalue weighted by molar-refractivity contribution is 0.331. The van der Waals surface area contributed by atoms with Crippen LogP contribution in [0.2, 0.25) is 0 Å². The maximum absolute atomic E-state index is 3.51. The van der Waals surface area contributed by atoms with Crippen LogP contribution >= 0.6 is 0 Å². The topological polar surface area (TPSA) is 17.0 Å². The van der Waals surface area contributed by atoms with Crippen molar-refractivity contribution in [3.8, 4) is 0 Å². The van der Waals surface area contributed by atoms with E-state index in [0.29, 0.717) is 6.04 Å². The molecule has 12 heavy (non-hydrogen) atoms. The molecule has 1 aromatic rings. The fourth-order valence-corrected chi connectivity index (χ4v) is 2.09. The van der Waals surface area contributed by atoms with Gasteiger partial charge >= 0.3 is 0 Å². The highest BCUT2D eigenvalue weighted by molar-refractivity contribution is 5.02. The van der Waals surface area contributed by atoms with Gasteiger partial charge in [-0.3, -0.25) is 0 Å². The predicted octanol–water partition coefficient (Wildman–Crippen LogP) is 1.80. The van der Waals surface area contributed by atoms with Crippen LogP contribution in [0.25, 0.3) is 0 Å². The first-order valence-electron chi connectivity index (χ1n) is 4.58. The van der Waals surface area contributed by atoms with Gasteiger partial charge in [0, 0.05) is 17.9 Å². The average molecular weight is 164 g/mol. The SMILES string of the molecule is CC1(C)NCCC1n1cccc1. The van der Waals surface area contributed by atoms with Crippen molar-refractivity contribution >= 4 is 0 Å². The maximum Gasteiger partial charge on any atom is 0.0519 e. The normalized spacial score (nSPS) is 27.7. The zero-order valence-corrected chi connectivity index (χ0v) is 7.75. The maximum atomic E-state index is 3.51. The molecule has 0 amide bonds. The molecule has 1 aliphatic rings. The molecule has 2 nitrogen and oxygen atoms in total. The fourth-order valence-electron chi connectivity index (χ4n) is 2.09. The summed E-state index contributed by atoms with van der Waals surface area (Å²) in [5, 5.41) is 3.51. The van der Waals surface area contributed by atoms with Gasteiger partial charge < -0.3 is 9.88 Å². The number of aromatic nitrogens is 1. The minimum absolute atomic E-state index is 0.249. The molecule has 2 heteroatoms. The molecule has 1 N–H and O–H groups in total. The van der Waals surface area contributed by atoms with Gasteiger partial charge in [-0.25, -0.2) is 0 Å². The Bertz CT molecular complexity index is 249. The van der Waals surface area contributed by atoms with Gasteiger partial charge in [0.15, 0.2) is 0 Å². The molecule has 0 radical (unpaired) electrons. The Morgan fingerprint density at radius 3 is 2.50 bits per heavy atom. The van der Waals surface area contributed by atoms with Crippen LogP contribution in [0.4, 0.5) is 0 Å². The first-order chi connectivity index (χ1) is 5.70. The number of nitrogens with zero attached hydrogens (tertiary/aromatic N) is 1. The summed E-state index contributed by atoms with van der Waals surface area (Å²) in [5.74, 6) is 0. The van der Waals surface area contributed by atoms with E-state index in [1.807, 2.05) is 0 Å². The highest BCUT2D eigenvalue weighted by Crippen LogP contribution is 2.30. The zero-order valence-electron chi connectivity index (χ0n) is 7.75. The molecule has 0 bridgehead atoms. The Labute approximate surface area is 73.6 Å². The lowest BCUT2D eigenvalue weighted by Crippen LogP contribution is -2.38. The van der Waals surface area contributed by atoms with Crippen molar-refractivity contribution < 1.29 is 0 Å². The summed E-state index contributed by atoms with van der Waals surface area (Å²) >= 11 is 0. The molecule has 1 unspecified atom stereocenters. The van der Waals surface area contributed by atoms with Crippen LogP contribution in [0.5, 0.6) is 0 Å². The standard InChI is InChI=1S/C10H16N2/c1-10(2)9(5-6-11-10)12-7-3-4-8-12/h3-4,7-9,11H,5-6H2,1-2H3. The molecule has 0 saturated carbocycles. The minimum atomic E-state index is 0.249. The third-order valence-electron chi connectivity index (χ3n) is 2.82. The monoisotopic (exact) mass is 164 g/mol. The third kappa shape index (κ3) is 1.16. The van der Waals surface area contributed by atoms with E-state index in [-0.39, 0.29) is 5.54 Å². The van der Waals surface area contributed by atoms with Crippen LogP contribution in [0.15, 0.2) is 24.5 Å². The average Bonchev–Trinajstić information content (AvgIpc) is 2.55. The molecule has 0 spiro atoms. The number of hydrogen-bond acceptors (Lipinski definition) is 1. The Kier molecular flexibility index (Phi) is 1.72. The van der Waals surface area contributed by atoms with Crippen molar-refractivity contribution in [2.45, 2.75) is 31.8 Å². The Hall–Kier alpha value is -0.760. The van der Waals surface area contributed by atoms with E-state index in [4.69, 9.17) is 0 Å². The fraction of sp³-hybridized carbons (Fsp3) is 0.600. The largest absolute Gasteiger partial charge is 0.349 e. The van der Waals surface area contributed by atoms with E-state index in [9.17, 15) is 0 Å². The zero-order chi connectivity index (χ0) is 8.60. The number of rotatable bonds is 1. The molecule has 1 saturated heterocycles. The minimum Gasteiger partial charge on any atom is -0.349 e. The van der Waals surface area contributed by atoms with E-state index < -0.39 is 0 Å². The summed E-state index contributed by atoms with van der Waals surface area (Å²) in [4.78, 5) is 0. The number of hydrogen-bond donors (Lipinski definition) is 1. The van der Waals surface area contributed by atoms with Crippen LogP contribution < -0.4 is 5.32 Å². The summed E-state index contributed by atoms with van der Waals surface area (Å²) < 4.78 is 2.31. The van der Waals surface area contributed by atoms with Gasteiger partial charge in [0.2, 0.25) is 0 Å². The Balaban J connectivity index is 2.25. The molecule has 1 atom stereocenters. The van der Waals surface area contributed by atoms with E-state index in [2.05, 4.69) is 48.3 Å². The summed E-state index contributed by atoms with van der Waals surface area (Å²) in [6.45, 7) is 5.67. The molecule has 1 fully saturated rings. The van der Waals surface area contributed by atoms with Crippen molar-refractivity contribution in [2.75, 3.05) is 6.54 Å². The second-order valence-corrected chi connectivity index (χ2v) is 4.08. The highest BCUT2D eigenvalue weighted by Gasteiger charge is 2.34. The van der Waals surface area contributed by atoms with Gasteiger partial charge in [0.1, 0.15) is 0 Å². The van der Waals surface area contributed by atoms with E-state index >= 15 is 0 Å². The van der Waals surface area contributed by atoms with Crippen LogP contribution in [-0.4, -0.2) is 16.7 Å². The Morgan fingerprint density at radius 1 is 1.33 bits per heavy atom. The third-order valence-corrected chi connectivity index (χ3v) is 2.82. The van der Waals surface area contributed by atoms with Crippen molar-refractivity contribution in [1.29, 1.82) is 0 Å². The summed E-state index contributed by atoms with van der Waals surface area (Å²) in [6.07, 6.45) is 5.54. The Morgan fingerprint density at radius 2 is 2.00 bits per heavy atom. The lowest BCUT2D eigenvalue weighted by atomic mass is 9.97. The first-order valence-corrected chi connectivity index (χ1v) is 4.58. The molecular formula is C10H16N2. The second-order valence-electron chi connectivity index (χ2n) is 4.08. The van der Waals surface area contributed by atoms with Gasteiger partial charge in [-0.15, -0.1) is 0 Å². The van der Waals surface area contributed by atoms with Crippen LogP contribution in [-0.2, 0) is 0 Å². The summed E-state index contributed by atoms with van der Waals surface area (Å²) in [7, 11) is 0. The van der Waals surface area contributed by atoms with E-state index in [0.717, 1.165) is 6.54 Å². The van der Waals surface area contributed by atoms with Crippen molar-refractivity contribution in [2.24, 2.45) is 0 Å². The number of nitrogens with one attached hydrogen (secondary N) is 1. The van der Waals surface area contributed by atoms with E-state index in [1.165, 1.54) is 6.42 Å². The van der Waals surface area contributed by atoms with Crippen molar-refractivity contribution in [3.05, 3.63) is 24.5 Å². The molecular weight excluding hydrogens is 148 g/mol. The summed E-state index contributed by atoms with van der Waals surface area (Å²) in [5.41, 5.74) is 0.249. The first kappa shape index (κ1) is 7.87. The lowest BCUT2D eigenvalue weighted by Gasteiger charge is -2.28. The van der Waals surface area contributed by atoms with Crippen LogP contribution in [0.3, 0.4) is 0 Å². The van der Waals surface area contributed by atoms with E-state index in [1.54, 1.807) is 0 Å². The molecule has 1 aromatic heterocycles. The van der Waals surface area contributed by atoms with Gasteiger partial charge in [-0.2, -0.15) is 0 Å². The molecule has 0 aromatic carbocycles. The quantitative estimate of drug-likeness (QED) is 0.669. The van der Waals surface area contributed by atoms with Crippen molar-refractivity contribution in [1.82, 2.24) is 9.88 Å². The molecule has 1 aliphatic heterocycles. The van der Waals surface area contributed by atoms with Crippen LogP contribution in [0.1, 0.15) is 26.3 Å². The smallest absolute Gasteiger partial charge is 0.0519 e. The van der Waals surface area contributed by atoms with Crippen molar-refractivity contribution in [3.63, 3.8) is 0 Å². The highest BCUT2D eigenvalue weighted by atomic mass is 15.1. The molecule has 66 valence electrons. The van der Waals surface area contributed by atoms with Crippen LogP contribution in [0, 0.1) is 0 Å². The predicted molar refractivity (Wildman–Crippen MR) is 50.2 cm³/mol. The van der Waals surface area contributed by atoms with Gasteiger partial charge in [0.05, 0.1) is 6.04 Å². The van der Waals surface area contributed by atoms with Gasteiger partial charge in [0.25, 0.3) is 0 Å². The molecule has 2 rings (SSSR count). The van der Waals surface area contributed by atoms with Gasteiger partial charge in [-0.05, 0) is 38.9 Å². The molecule has 2 heterocycles. The summed E-state index contributed by atoms with van der Waals surface area (Å²) in [6, 6.07) is 4.80. The molecule has 0 aliphatic carbocycles.